The van der Waals surface area contributed by atoms with Gasteiger partial charge >= 0.3 is 0 Å². The maximum absolute atomic E-state index is 3.41. The summed E-state index contributed by atoms with van der Waals surface area (Å²) in [6, 6.07) is 0. The summed E-state index contributed by atoms with van der Waals surface area (Å²) in [5, 5.41) is 0. The van der Waals surface area contributed by atoms with Crippen LogP contribution in [0.25, 0.3) is 0 Å². The molecule has 0 aliphatic carbocycles. The van der Waals surface area contributed by atoms with Crippen LogP contribution in [0.3, 0.4) is 0 Å². The van der Waals surface area contributed by atoms with E-state index in [0.717, 1.165) is 35.5 Å². The zero-order valence-corrected chi connectivity index (χ0v) is 23.5. The molecule has 0 aromatic carbocycles. The summed E-state index contributed by atoms with van der Waals surface area (Å²) < 4.78 is 1.05. The zero-order chi connectivity index (χ0) is 22.8. The van der Waals surface area contributed by atoms with Gasteiger partial charge in [0, 0.05) is 0 Å². The number of halogens is 2. The predicted molar refractivity (Wildman–Crippen MR) is 147 cm³/mol. The van der Waals surface area contributed by atoms with Gasteiger partial charge < -0.3 is 0 Å². The Labute approximate surface area is 204 Å². The van der Waals surface area contributed by atoms with E-state index in [2.05, 4.69) is 110 Å². The standard InChI is InChI=1S/C28H44Br2/c1-23(2)13-9-16-26(5)19-10-17-24(3)14-7-8-15-25(4)18-11-20-27(6)21-12-22-28(29)30/h13-15,19-20,22H,7-12,16-18,21H2,1-6H3/b24-14+,25-15+,26-19+,27-20+. The van der Waals surface area contributed by atoms with Gasteiger partial charge in [0.1, 0.15) is 0 Å². The molecule has 0 saturated carbocycles. The molecule has 0 amide bonds. The Balaban J connectivity index is 4.05. The quantitative estimate of drug-likeness (QED) is 0.143. The smallest absolute Gasteiger partial charge is 0.0564 e. The SMILES string of the molecule is CC(C)=CCC/C(C)=C/CC/C(C)=C/CC/C=C(\C)CC/C=C(\C)CCC=C(Br)Br. The number of hydrogen-bond acceptors (Lipinski definition) is 0. The van der Waals surface area contributed by atoms with E-state index in [1.807, 2.05) is 0 Å². The minimum Gasteiger partial charge on any atom is -0.0856 e. The Hall–Kier alpha value is -0.600. The van der Waals surface area contributed by atoms with Crippen LogP contribution in [0.15, 0.2) is 67.7 Å². The van der Waals surface area contributed by atoms with Crippen LogP contribution in [-0.4, -0.2) is 0 Å². The van der Waals surface area contributed by atoms with E-state index in [1.165, 1.54) is 60.0 Å². The van der Waals surface area contributed by atoms with Crippen LogP contribution < -0.4 is 0 Å². The Kier molecular flexibility index (Phi) is 18.7. The lowest BCUT2D eigenvalue weighted by molar-refractivity contribution is 0.897. The molecule has 0 aromatic rings. The number of rotatable bonds is 15. The third-order valence-electron chi connectivity index (χ3n) is 5.14. The minimum atomic E-state index is 1.05. The fourth-order valence-corrected chi connectivity index (χ4v) is 3.62. The number of hydrogen-bond donors (Lipinski definition) is 0. The van der Waals surface area contributed by atoms with Gasteiger partial charge in [0.2, 0.25) is 0 Å². The molecule has 0 nitrogen and oxygen atoms in total. The van der Waals surface area contributed by atoms with E-state index in [1.54, 1.807) is 0 Å². The van der Waals surface area contributed by atoms with E-state index in [-0.39, 0.29) is 0 Å². The van der Waals surface area contributed by atoms with Crippen LogP contribution in [0, 0.1) is 0 Å². The molecule has 0 unspecified atom stereocenters. The highest BCUT2D eigenvalue weighted by Gasteiger charge is 1.94. The summed E-state index contributed by atoms with van der Waals surface area (Å²) in [6.07, 6.45) is 25.8. The summed E-state index contributed by atoms with van der Waals surface area (Å²) in [7, 11) is 0. The second-order valence-corrected chi connectivity index (χ2v) is 11.5. The summed E-state index contributed by atoms with van der Waals surface area (Å²) in [4.78, 5) is 0. The highest BCUT2D eigenvalue weighted by atomic mass is 79.9. The fraction of sp³-hybridized carbons (Fsp3) is 0.571. The molecular formula is C28H44Br2. The van der Waals surface area contributed by atoms with E-state index in [0.29, 0.717) is 0 Å². The molecule has 0 fully saturated rings. The fourth-order valence-electron chi connectivity index (χ4n) is 3.16. The van der Waals surface area contributed by atoms with Crippen molar-refractivity contribution in [2.24, 2.45) is 0 Å². The van der Waals surface area contributed by atoms with Crippen molar-refractivity contribution < 1.29 is 0 Å². The average molecular weight is 540 g/mol. The molecule has 170 valence electrons. The van der Waals surface area contributed by atoms with Crippen molar-refractivity contribution in [1.82, 2.24) is 0 Å². The molecule has 0 aliphatic rings. The number of allylic oxidation sites excluding steroid dienone is 11. The lowest BCUT2D eigenvalue weighted by Crippen LogP contribution is -1.82. The van der Waals surface area contributed by atoms with Crippen molar-refractivity contribution in [3.05, 3.63) is 67.7 Å². The highest BCUT2D eigenvalue weighted by molar-refractivity contribution is 9.28. The first kappa shape index (κ1) is 29.4. The highest BCUT2D eigenvalue weighted by Crippen LogP contribution is 2.17. The van der Waals surface area contributed by atoms with E-state index in [9.17, 15) is 0 Å². The topological polar surface area (TPSA) is 0 Å². The largest absolute Gasteiger partial charge is 0.0856 e. The van der Waals surface area contributed by atoms with Crippen molar-refractivity contribution in [3.63, 3.8) is 0 Å². The van der Waals surface area contributed by atoms with Gasteiger partial charge in [-0.2, -0.15) is 0 Å². The Morgan fingerprint density at radius 2 is 0.733 bits per heavy atom. The summed E-state index contributed by atoms with van der Waals surface area (Å²) in [5.74, 6) is 0. The zero-order valence-electron chi connectivity index (χ0n) is 20.3. The van der Waals surface area contributed by atoms with Gasteiger partial charge in [0.05, 0.1) is 3.39 Å². The Bertz CT molecular complexity index is 588. The first-order chi connectivity index (χ1) is 14.2. The maximum atomic E-state index is 3.41. The van der Waals surface area contributed by atoms with Crippen LogP contribution in [0.4, 0.5) is 0 Å². The van der Waals surface area contributed by atoms with Gasteiger partial charge in [0.25, 0.3) is 0 Å². The molecule has 0 saturated heterocycles. The predicted octanol–water partition coefficient (Wildman–Crippen LogP) is 11.3. The minimum absolute atomic E-state index is 1.05. The van der Waals surface area contributed by atoms with Crippen molar-refractivity contribution in [2.75, 3.05) is 0 Å². The maximum Gasteiger partial charge on any atom is 0.0564 e. The van der Waals surface area contributed by atoms with Crippen molar-refractivity contribution in [2.45, 2.75) is 106 Å². The van der Waals surface area contributed by atoms with Crippen LogP contribution in [-0.2, 0) is 0 Å². The van der Waals surface area contributed by atoms with Gasteiger partial charge in [-0.3, -0.25) is 0 Å². The molecule has 0 aliphatic heterocycles. The average Bonchev–Trinajstić information content (AvgIpc) is 2.64. The first-order valence-electron chi connectivity index (χ1n) is 11.5. The molecule has 0 aromatic heterocycles. The molecule has 30 heavy (non-hydrogen) atoms. The van der Waals surface area contributed by atoms with E-state index in [4.69, 9.17) is 0 Å². The van der Waals surface area contributed by atoms with Crippen molar-refractivity contribution >= 4 is 31.9 Å². The Morgan fingerprint density at radius 3 is 1.07 bits per heavy atom. The molecule has 0 heterocycles. The van der Waals surface area contributed by atoms with Crippen LogP contribution >= 0.6 is 31.9 Å². The molecule has 0 rings (SSSR count). The van der Waals surface area contributed by atoms with Gasteiger partial charge in [-0.1, -0.05) is 64.3 Å². The molecule has 0 atom stereocenters. The van der Waals surface area contributed by atoms with Gasteiger partial charge in [-0.25, -0.2) is 0 Å². The van der Waals surface area contributed by atoms with Crippen LogP contribution in [0.1, 0.15) is 106 Å². The van der Waals surface area contributed by atoms with Crippen LogP contribution in [0.2, 0.25) is 0 Å². The summed E-state index contributed by atoms with van der Waals surface area (Å²) in [6.45, 7) is 13.4. The Morgan fingerprint density at radius 1 is 0.433 bits per heavy atom. The first-order valence-corrected chi connectivity index (χ1v) is 13.1. The summed E-state index contributed by atoms with van der Waals surface area (Å²) >= 11 is 6.81. The lowest BCUT2D eigenvalue weighted by atomic mass is 10.0. The second kappa shape index (κ2) is 19.1. The van der Waals surface area contributed by atoms with E-state index < -0.39 is 0 Å². The van der Waals surface area contributed by atoms with Crippen molar-refractivity contribution in [1.29, 1.82) is 0 Å². The molecule has 0 bridgehead atoms. The molecule has 0 radical (unpaired) electrons. The van der Waals surface area contributed by atoms with Gasteiger partial charge in [-0.05, 0) is 138 Å². The van der Waals surface area contributed by atoms with E-state index >= 15 is 0 Å². The molecular weight excluding hydrogens is 496 g/mol. The summed E-state index contributed by atoms with van der Waals surface area (Å²) in [5.41, 5.74) is 7.47. The molecule has 0 spiro atoms. The third-order valence-corrected chi connectivity index (χ3v) is 5.79. The number of unbranched alkanes of at least 4 members (excludes halogenated alkanes) is 1. The van der Waals surface area contributed by atoms with Crippen molar-refractivity contribution in [3.8, 4) is 0 Å². The van der Waals surface area contributed by atoms with Crippen LogP contribution in [0.5, 0.6) is 0 Å². The second-order valence-electron chi connectivity index (χ2n) is 8.71. The van der Waals surface area contributed by atoms with Gasteiger partial charge in [0.15, 0.2) is 0 Å². The monoisotopic (exact) mass is 538 g/mol. The third kappa shape index (κ3) is 20.7. The normalized spacial score (nSPS) is 13.5. The lowest BCUT2D eigenvalue weighted by Gasteiger charge is -2.02. The molecule has 2 heteroatoms. The van der Waals surface area contributed by atoms with Gasteiger partial charge in [-0.15, -0.1) is 0 Å². The molecule has 0 N–H and O–H groups in total.